The number of ether oxygens (including phenoxy) is 2. The van der Waals surface area contributed by atoms with Gasteiger partial charge in [0.15, 0.2) is 17.2 Å². The predicted octanol–water partition coefficient (Wildman–Crippen LogP) is 5.89. The van der Waals surface area contributed by atoms with E-state index >= 15 is 0 Å². The average molecular weight is 485 g/mol. The number of aromatic hydroxyl groups is 1. The first-order valence-corrected chi connectivity index (χ1v) is 14.6. The van der Waals surface area contributed by atoms with Crippen molar-refractivity contribution in [2.45, 2.75) is 39.3 Å². The maximum absolute atomic E-state index is 14.1. The normalized spacial score (nSPS) is 11.8. The number of hydrogen-bond acceptors (Lipinski definition) is 6. The fourth-order valence-electron chi connectivity index (χ4n) is 3.38. The zero-order valence-electron chi connectivity index (χ0n) is 19.5. The second kappa shape index (κ2) is 9.47. The van der Waals surface area contributed by atoms with E-state index in [1.807, 2.05) is 6.92 Å². The molecule has 0 aliphatic rings. The molecule has 4 rings (SSSR count). The van der Waals surface area contributed by atoms with Crippen molar-refractivity contribution in [3.63, 3.8) is 0 Å². The zero-order chi connectivity index (χ0) is 24.5. The lowest BCUT2D eigenvalue weighted by Gasteiger charge is -2.15. The van der Waals surface area contributed by atoms with Gasteiger partial charge in [0.05, 0.1) is 5.39 Å². The van der Waals surface area contributed by atoms with Gasteiger partial charge in [-0.3, -0.25) is 0 Å². The highest BCUT2D eigenvalue weighted by molar-refractivity contribution is 6.76. The Morgan fingerprint density at radius 1 is 1.09 bits per heavy atom. The van der Waals surface area contributed by atoms with Crippen molar-refractivity contribution >= 4 is 19.1 Å². The molecule has 0 fully saturated rings. The molecule has 0 aliphatic carbocycles. The minimum atomic E-state index is -1.26. The molecule has 2 heterocycles. The highest BCUT2D eigenvalue weighted by atomic mass is 28.3. The molecule has 0 atom stereocenters. The lowest BCUT2D eigenvalue weighted by Crippen LogP contribution is -2.22. The van der Waals surface area contributed by atoms with E-state index in [0.29, 0.717) is 23.3 Å². The summed E-state index contributed by atoms with van der Waals surface area (Å²) in [6.07, 6.45) is 1.55. The molecule has 7 nitrogen and oxygen atoms in total. The number of rotatable bonds is 8. The number of phenolic OH excluding ortho intramolecular Hbond substituents is 1. The molecule has 34 heavy (non-hydrogen) atoms. The summed E-state index contributed by atoms with van der Waals surface area (Å²) in [5.41, 5.74) is 2.72. The van der Waals surface area contributed by atoms with Crippen molar-refractivity contribution in [2.75, 3.05) is 6.61 Å². The monoisotopic (exact) mass is 484 g/mol. The van der Waals surface area contributed by atoms with Crippen LogP contribution in [0.5, 0.6) is 17.5 Å². The van der Waals surface area contributed by atoms with Gasteiger partial charge in [-0.05, 0) is 48.9 Å². The molecule has 0 saturated heterocycles. The van der Waals surface area contributed by atoms with Crippen LogP contribution in [-0.4, -0.2) is 39.5 Å². The minimum absolute atomic E-state index is 0.102. The summed E-state index contributed by atoms with van der Waals surface area (Å²) in [6.45, 7) is 9.46. The largest absolute Gasteiger partial charge is 0.508 e. The Morgan fingerprint density at radius 3 is 2.59 bits per heavy atom. The Labute approximate surface area is 197 Å². The van der Waals surface area contributed by atoms with Crippen LogP contribution in [0.2, 0.25) is 25.7 Å². The summed E-state index contributed by atoms with van der Waals surface area (Å²) in [4.78, 5) is 8.65. The van der Waals surface area contributed by atoms with Crippen LogP contribution in [-0.2, 0) is 11.5 Å². The Morgan fingerprint density at radius 2 is 1.88 bits per heavy atom. The predicted molar refractivity (Wildman–Crippen MR) is 128 cm³/mol. The summed E-state index contributed by atoms with van der Waals surface area (Å²) in [6, 6.07) is 8.93. The number of aryl methyl sites for hydroxylation is 1. The molecule has 10 heteroatoms. The summed E-state index contributed by atoms with van der Waals surface area (Å²) in [5.74, 6) is -1.59. The Hall–Kier alpha value is -3.37. The van der Waals surface area contributed by atoms with E-state index in [0.717, 1.165) is 29.3 Å². The van der Waals surface area contributed by atoms with Crippen LogP contribution in [0.15, 0.2) is 42.6 Å². The van der Waals surface area contributed by atoms with E-state index in [1.54, 1.807) is 29.1 Å². The van der Waals surface area contributed by atoms with Crippen LogP contribution in [0, 0.1) is 18.6 Å². The van der Waals surface area contributed by atoms with Gasteiger partial charge >= 0.3 is 6.01 Å². The minimum Gasteiger partial charge on any atom is -0.508 e. The van der Waals surface area contributed by atoms with Crippen LogP contribution in [0.4, 0.5) is 8.78 Å². The Balaban J connectivity index is 1.71. The van der Waals surface area contributed by atoms with Crippen molar-refractivity contribution in [3.05, 3.63) is 59.8 Å². The topological polar surface area (TPSA) is 82.3 Å². The lowest BCUT2D eigenvalue weighted by atomic mass is 10.0. The van der Waals surface area contributed by atoms with Gasteiger partial charge in [0.25, 0.3) is 0 Å². The molecule has 0 radical (unpaired) electrons. The summed E-state index contributed by atoms with van der Waals surface area (Å²) in [5, 5.41) is 15.1. The van der Waals surface area contributed by atoms with Crippen LogP contribution in [0.1, 0.15) is 5.56 Å². The molecule has 0 saturated carbocycles. The fourth-order valence-corrected chi connectivity index (χ4v) is 4.14. The molecule has 178 valence electrons. The second-order valence-corrected chi connectivity index (χ2v) is 14.9. The van der Waals surface area contributed by atoms with Crippen molar-refractivity contribution in [3.8, 4) is 28.8 Å². The molecule has 0 bridgehead atoms. The molecule has 0 spiro atoms. The molecule has 0 amide bonds. The third-order valence-electron chi connectivity index (χ3n) is 5.24. The van der Waals surface area contributed by atoms with Crippen molar-refractivity contribution in [1.29, 1.82) is 0 Å². The molecule has 4 aromatic rings. The fraction of sp³-hybridized carbons (Fsp3) is 0.292. The van der Waals surface area contributed by atoms with E-state index < -0.39 is 19.7 Å². The SMILES string of the molecule is Cc1cc(O)ccc1-c1nn(COCC[Si](C)(C)C)c2nc(Oc3ccc(F)cc3F)ncc12. The Kier molecular flexibility index (Phi) is 6.62. The molecule has 0 unspecified atom stereocenters. The summed E-state index contributed by atoms with van der Waals surface area (Å²) in [7, 11) is -1.26. The smallest absolute Gasteiger partial charge is 0.324 e. The first kappa shape index (κ1) is 23.8. The van der Waals surface area contributed by atoms with E-state index in [4.69, 9.17) is 14.6 Å². The van der Waals surface area contributed by atoms with Crippen molar-refractivity contribution in [2.24, 2.45) is 0 Å². The molecule has 2 aromatic heterocycles. The lowest BCUT2D eigenvalue weighted by molar-refractivity contribution is 0.0814. The standard InChI is InChI=1S/C24H26F2N4O3Si/c1-15-11-17(31)6-7-18(15)22-19-13-27-24(33-21-8-5-16(25)12-20(21)26)28-23(19)30(29-22)14-32-9-10-34(2,3)4/h5-8,11-13,31H,9-10,14H2,1-4H3. The quantitative estimate of drug-likeness (QED) is 0.248. The van der Waals surface area contributed by atoms with Gasteiger partial charge in [0, 0.05) is 32.5 Å². The highest BCUT2D eigenvalue weighted by Crippen LogP contribution is 2.32. The first-order valence-electron chi connectivity index (χ1n) is 10.8. The number of benzene rings is 2. The number of aromatic nitrogens is 4. The summed E-state index contributed by atoms with van der Waals surface area (Å²) < 4.78 is 40.3. The van der Waals surface area contributed by atoms with Crippen molar-refractivity contribution < 1.29 is 23.4 Å². The van der Waals surface area contributed by atoms with Crippen LogP contribution in [0.25, 0.3) is 22.3 Å². The molecule has 0 aliphatic heterocycles. The third kappa shape index (κ3) is 5.40. The Bertz CT molecular complexity index is 1340. The van der Waals surface area contributed by atoms with Gasteiger partial charge in [0.2, 0.25) is 0 Å². The van der Waals surface area contributed by atoms with Crippen LogP contribution >= 0.6 is 0 Å². The van der Waals surface area contributed by atoms with Crippen LogP contribution in [0.3, 0.4) is 0 Å². The van der Waals surface area contributed by atoms with E-state index in [1.165, 1.54) is 6.07 Å². The van der Waals surface area contributed by atoms with Gasteiger partial charge in [0.1, 0.15) is 24.0 Å². The average Bonchev–Trinajstić information content (AvgIpc) is 3.10. The number of hydrogen-bond donors (Lipinski definition) is 1. The van der Waals surface area contributed by atoms with Gasteiger partial charge in [-0.15, -0.1) is 0 Å². The molecular weight excluding hydrogens is 458 g/mol. The third-order valence-corrected chi connectivity index (χ3v) is 6.94. The molecule has 1 N–H and O–H groups in total. The summed E-state index contributed by atoms with van der Waals surface area (Å²) >= 11 is 0. The van der Waals surface area contributed by atoms with E-state index in [-0.39, 0.29) is 24.2 Å². The first-order chi connectivity index (χ1) is 16.1. The van der Waals surface area contributed by atoms with Gasteiger partial charge in [-0.25, -0.2) is 18.4 Å². The number of phenols is 1. The highest BCUT2D eigenvalue weighted by Gasteiger charge is 2.19. The second-order valence-electron chi connectivity index (χ2n) is 9.26. The van der Waals surface area contributed by atoms with Gasteiger partial charge in [-0.1, -0.05) is 19.6 Å². The zero-order valence-corrected chi connectivity index (χ0v) is 20.5. The maximum Gasteiger partial charge on any atom is 0.324 e. The number of nitrogens with zero attached hydrogens (tertiary/aromatic N) is 4. The molecule has 2 aromatic carbocycles. The molecular formula is C24H26F2N4O3Si. The maximum atomic E-state index is 14.1. The van der Waals surface area contributed by atoms with Crippen molar-refractivity contribution in [1.82, 2.24) is 19.7 Å². The number of fused-ring (bicyclic) bond motifs is 1. The van der Waals surface area contributed by atoms with E-state index in [2.05, 4.69) is 29.6 Å². The van der Waals surface area contributed by atoms with Crippen LogP contribution < -0.4 is 4.74 Å². The van der Waals surface area contributed by atoms with E-state index in [9.17, 15) is 13.9 Å². The number of halogens is 2. The van der Waals surface area contributed by atoms with Gasteiger partial charge in [-0.2, -0.15) is 10.1 Å². The van der Waals surface area contributed by atoms with Gasteiger partial charge < -0.3 is 14.6 Å².